The molecule has 0 bridgehead atoms. The number of hydrogen-bond acceptors (Lipinski definition) is 3. The van der Waals surface area contributed by atoms with Crippen LogP contribution >= 0.6 is 11.3 Å². The summed E-state index contributed by atoms with van der Waals surface area (Å²) in [6.07, 6.45) is 0.788. The molecule has 2 amide bonds. The van der Waals surface area contributed by atoms with E-state index in [9.17, 15) is 9.59 Å². The van der Waals surface area contributed by atoms with E-state index in [1.165, 1.54) is 11.3 Å². The zero-order chi connectivity index (χ0) is 13.9. The van der Waals surface area contributed by atoms with Crippen molar-refractivity contribution in [1.29, 1.82) is 0 Å². The van der Waals surface area contributed by atoms with E-state index in [1.807, 2.05) is 33.8 Å². The molecule has 0 saturated carbocycles. The Bertz CT molecular complexity index is 434. The average molecular weight is 268 g/mol. The lowest BCUT2D eigenvalue weighted by atomic mass is 9.98. The SMILES string of the molecule is CCC(C)C(NC(=O)c1cc(C)c(C)s1)C(N)=O. The summed E-state index contributed by atoms with van der Waals surface area (Å²) in [5.74, 6) is -0.670. The third-order valence-electron chi connectivity index (χ3n) is 3.20. The molecule has 3 N–H and O–H groups in total. The zero-order valence-electron chi connectivity index (χ0n) is 11.2. The van der Waals surface area contributed by atoms with Crippen LogP contribution in [0.25, 0.3) is 0 Å². The van der Waals surface area contributed by atoms with Gasteiger partial charge in [-0.3, -0.25) is 9.59 Å². The van der Waals surface area contributed by atoms with Gasteiger partial charge in [0.15, 0.2) is 0 Å². The van der Waals surface area contributed by atoms with Crippen LogP contribution in [0.4, 0.5) is 0 Å². The Kier molecular flexibility index (Phi) is 4.90. The number of hydrogen-bond donors (Lipinski definition) is 2. The van der Waals surface area contributed by atoms with Crippen molar-refractivity contribution in [2.24, 2.45) is 11.7 Å². The van der Waals surface area contributed by atoms with Crippen LogP contribution in [0.5, 0.6) is 0 Å². The second kappa shape index (κ2) is 6.00. The summed E-state index contributed by atoms with van der Waals surface area (Å²) in [6.45, 7) is 7.80. The molecule has 1 aromatic rings. The summed E-state index contributed by atoms with van der Waals surface area (Å²) in [4.78, 5) is 25.1. The molecular weight excluding hydrogens is 248 g/mol. The smallest absolute Gasteiger partial charge is 0.262 e. The Morgan fingerprint density at radius 3 is 2.44 bits per heavy atom. The van der Waals surface area contributed by atoms with Crippen LogP contribution < -0.4 is 11.1 Å². The first-order valence-electron chi connectivity index (χ1n) is 6.04. The van der Waals surface area contributed by atoms with Gasteiger partial charge in [0.1, 0.15) is 6.04 Å². The number of amides is 2. The third kappa shape index (κ3) is 3.32. The number of carbonyl (C=O) groups excluding carboxylic acids is 2. The number of nitrogens with two attached hydrogens (primary N) is 1. The van der Waals surface area contributed by atoms with Gasteiger partial charge in [0.25, 0.3) is 5.91 Å². The fourth-order valence-electron chi connectivity index (χ4n) is 1.63. The molecule has 0 aliphatic heterocycles. The van der Waals surface area contributed by atoms with Crippen molar-refractivity contribution < 1.29 is 9.59 Å². The van der Waals surface area contributed by atoms with Crippen LogP contribution in [0.1, 0.15) is 40.4 Å². The Morgan fingerprint density at radius 2 is 2.06 bits per heavy atom. The van der Waals surface area contributed by atoms with Crippen LogP contribution in [0.3, 0.4) is 0 Å². The summed E-state index contributed by atoms with van der Waals surface area (Å²) in [6, 6.07) is 1.23. The highest BCUT2D eigenvalue weighted by Crippen LogP contribution is 2.21. The lowest BCUT2D eigenvalue weighted by molar-refractivity contribution is -0.120. The molecule has 100 valence electrons. The summed E-state index contributed by atoms with van der Waals surface area (Å²) in [7, 11) is 0. The first-order chi connectivity index (χ1) is 8.36. The largest absolute Gasteiger partial charge is 0.368 e. The Labute approximate surface area is 112 Å². The molecule has 0 saturated heterocycles. The summed E-state index contributed by atoms with van der Waals surface area (Å²) < 4.78 is 0. The van der Waals surface area contributed by atoms with Crippen molar-refractivity contribution in [1.82, 2.24) is 5.32 Å². The fourth-order valence-corrected chi connectivity index (χ4v) is 2.56. The normalized spacial score (nSPS) is 14.0. The molecule has 0 spiro atoms. The van der Waals surface area contributed by atoms with Gasteiger partial charge in [0.2, 0.25) is 5.91 Å². The Hall–Kier alpha value is -1.36. The van der Waals surface area contributed by atoms with Gasteiger partial charge >= 0.3 is 0 Å². The molecule has 1 aromatic heterocycles. The van der Waals surface area contributed by atoms with Crippen LogP contribution in [-0.4, -0.2) is 17.9 Å². The van der Waals surface area contributed by atoms with E-state index in [-0.39, 0.29) is 11.8 Å². The van der Waals surface area contributed by atoms with Gasteiger partial charge < -0.3 is 11.1 Å². The lowest BCUT2D eigenvalue weighted by Gasteiger charge is -2.20. The molecule has 0 aliphatic carbocycles. The van der Waals surface area contributed by atoms with E-state index < -0.39 is 11.9 Å². The van der Waals surface area contributed by atoms with Gasteiger partial charge in [-0.25, -0.2) is 0 Å². The Balaban J connectivity index is 2.81. The highest BCUT2D eigenvalue weighted by Gasteiger charge is 2.24. The van der Waals surface area contributed by atoms with Gasteiger partial charge in [0.05, 0.1) is 4.88 Å². The van der Waals surface area contributed by atoms with E-state index in [0.717, 1.165) is 16.9 Å². The molecule has 2 unspecified atom stereocenters. The summed E-state index contributed by atoms with van der Waals surface area (Å²) >= 11 is 1.43. The van der Waals surface area contributed by atoms with E-state index in [1.54, 1.807) is 0 Å². The summed E-state index contributed by atoms with van der Waals surface area (Å²) in [5, 5.41) is 2.72. The van der Waals surface area contributed by atoms with Crippen LogP contribution in [0.2, 0.25) is 0 Å². The molecule has 0 aromatic carbocycles. The van der Waals surface area contributed by atoms with Crippen LogP contribution in [-0.2, 0) is 4.79 Å². The maximum Gasteiger partial charge on any atom is 0.262 e. The van der Waals surface area contributed by atoms with Crippen molar-refractivity contribution in [3.8, 4) is 0 Å². The predicted octanol–water partition coefficient (Wildman–Crippen LogP) is 1.99. The summed E-state index contributed by atoms with van der Waals surface area (Å²) in [5.41, 5.74) is 6.41. The molecule has 2 atom stereocenters. The van der Waals surface area contributed by atoms with Gasteiger partial charge in [-0.05, 0) is 31.4 Å². The van der Waals surface area contributed by atoms with Crippen LogP contribution in [0.15, 0.2) is 6.07 Å². The van der Waals surface area contributed by atoms with E-state index in [4.69, 9.17) is 5.73 Å². The van der Waals surface area contributed by atoms with Crippen molar-refractivity contribution in [2.45, 2.75) is 40.2 Å². The third-order valence-corrected chi connectivity index (χ3v) is 4.35. The molecule has 0 aliphatic rings. The van der Waals surface area contributed by atoms with E-state index in [2.05, 4.69) is 5.32 Å². The second-order valence-electron chi connectivity index (χ2n) is 4.59. The number of nitrogens with one attached hydrogen (secondary N) is 1. The molecule has 0 fully saturated rings. The zero-order valence-corrected chi connectivity index (χ0v) is 12.1. The molecule has 4 nitrogen and oxygen atoms in total. The molecule has 5 heteroatoms. The average Bonchev–Trinajstić information content (AvgIpc) is 2.65. The molecular formula is C13H20N2O2S. The Morgan fingerprint density at radius 1 is 1.44 bits per heavy atom. The predicted molar refractivity (Wildman–Crippen MR) is 73.7 cm³/mol. The van der Waals surface area contributed by atoms with Gasteiger partial charge in [-0.15, -0.1) is 11.3 Å². The van der Waals surface area contributed by atoms with Crippen molar-refractivity contribution in [3.63, 3.8) is 0 Å². The maximum atomic E-state index is 12.0. The van der Waals surface area contributed by atoms with Crippen molar-refractivity contribution >= 4 is 23.2 Å². The van der Waals surface area contributed by atoms with Crippen molar-refractivity contribution in [2.75, 3.05) is 0 Å². The topological polar surface area (TPSA) is 72.2 Å². The monoisotopic (exact) mass is 268 g/mol. The van der Waals surface area contributed by atoms with Gasteiger partial charge in [0, 0.05) is 4.88 Å². The first-order valence-corrected chi connectivity index (χ1v) is 6.85. The number of carbonyl (C=O) groups is 2. The quantitative estimate of drug-likeness (QED) is 0.857. The van der Waals surface area contributed by atoms with Gasteiger partial charge in [-0.2, -0.15) is 0 Å². The number of rotatable bonds is 5. The number of aryl methyl sites for hydroxylation is 2. The minimum absolute atomic E-state index is 0.0357. The minimum atomic E-state index is -0.606. The fraction of sp³-hybridized carbons (Fsp3) is 0.538. The molecule has 1 heterocycles. The van der Waals surface area contributed by atoms with Crippen LogP contribution in [0, 0.1) is 19.8 Å². The number of thiophene rings is 1. The lowest BCUT2D eigenvalue weighted by Crippen LogP contribution is -2.48. The highest BCUT2D eigenvalue weighted by atomic mass is 32.1. The highest BCUT2D eigenvalue weighted by molar-refractivity contribution is 7.14. The molecule has 1 rings (SSSR count). The standard InChI is InChI=1S/C13H20N2O2S/c1-5-7(2)11(12(14)16)15-13(17)10-6-8(3)9(4)18-10/h6-7,11H,5H2,1-4H3,(H2,14,16)(H,15,17). The number of primary amides is 1. The second-order valence-corrected chi connectivity index (χ2v) is 5.85. The van der Waals surface area contributed by atoms with Gasteiger partial charge in [-0.1, -0.05) is 20.3 Å². The van der Waals surface area contributed by atoms with E-state index in [0.29, 0.717) is 4.88 Å². The maximum absolute atomic E-state index is 12.0. The first kappa shape index (κ1) is 14.7. The molecule has 0 radical (unpaired) electrons. The minimum Gasteiger partial charge on any atom is -0.368 e. The van der Waals surface area contributed by atoms with E-state index >= 15 is 0 Å². The molecule has 18 heavy (non-hydrogen) atoms. The van der Waals surface area contributed by atoms with Crippen molar-refractivity contribution in [3.05, 3.63) is 21.4 Å².